The maximum atomic E-state index is 14.1. The second-order valence-corrected chi connectivity index (χ2v) is 13.1. The molecule has 3 aromatic rings. The van der Waals surface area contributed by atoms with Crippen LogP contribution in [-0.2, 0) is 26.2 Å². The van der Waals surface area contributed by atoms with E-state index in [1.807, 2.05) is 6.92 Å². The lowest BCUT2D eigenvalue weighted by molar-refractivity contribution is -0.140. The van der Waals surface area contributed by atoms with Gasteiger partial charge in [-0.3, -0.25) is 13.9 Å². The van der Waals surface area contributed by atoms with Crippen LogP contribution >= 0.6 is 34.8 Å². The van der Waals surface area contributed by atoms with Crippen LogP contribution in [0.25, 0.3) is 0 Å². The van der Waals surface area contributed by atoms with Crippen molar-refractivity contribution in [2.24, 2.45) is 0 Å². The average molecular weight is 637 g/mol. The Hall–Kier alpha value is -2.78. The maximum absolute atomic E-state index is 14.1. The van der Waals surface area contributed by atoms with Gasteiger partial charge in [0.25, 0.3) is 10.0 Å². The predicted molar refractivity (Wildman–Crippen MR) is 164 cm³/mol. The molecule has 0 aromatic heterocycles. The molecule has 0 bridgehead atoms. The van der Waals surface area contributed by atoms with Crippen LogP contribution < -0.4 is 9.62 Å². The number of benzene rings is 3. The standard InChI is InChI=1S/C30H32Cl3N3O4S/c1-2-28(30(38)34-24-8-6-7-9-24)35(19-21-12-13-23(32)18-27(21)33)29(37)20-36(25-16-14-22(31)15-17-25)41(39,40)26-10-4-3-5-11-26/h3-5,10-18,24,28H,2,6-9,19-20H2,1H3,(H,34,38)/t28-/m1/s1. The first-order chi connectivity index (χ1) is 19.6. The molecule has 1 fully saturated rings. The molecule has 7 nitrogen and oxygen atoms in total. The Morgan fingerprint density at radius 1 is 0.927 bits per heavy atom. The van der Waals surface area contributed by atoms with E-state index in [2.05, 4.69) is 5.32 Å². The Bertz CT molecular complexity index is 1460. The minimum atomic E-state index is -4.15. The summed E-state index contributed by atoms with van der Waals surface area (Å²) in [6.07, 6.45) is 4.18. The van der Waals surface area contributed by atoms with Gasteiger partial charge in [0.2, 0.25) is 11.8 Å². The smallest absolute Gasteiger partial charge is 0.264 e. The second-order valence-electron chi connectivity index (χ2n) is 9.97. The topological polar surface area (TPSA) is 86.8 Å². The Labute approximate surface area is 256 Å². The van der Waals surface area contributed by atoms with E-state index in [1.165, 1.54) is 17.0 Å². The first-order valence-corrected chi connectivity index (χ1v) is 16.0. The van der Waals surface area contributed by atoms with Gasteiger partial charge in [-0.2, -0.15) is 0 Å². The molecular formula is C30H32Cl3N3O4S. The number of carbonyl (C=O) groups is 2. The van der Waals surface area contributed by atoms with Gasteiger partial charge in [0.15, 0.2) is 0 Å². The fraction of sp³-hybridized carbons (Fsp3) is 0.333. The molecule has 0 unspecified atom stereocenters. The summed E-state index contributed by atoms with van der Waals surface area (Å²) in [5, 5.41) is 4.29. The van der Waals surface area contributed by atoms with Crippen molar-refractivity contribution >= 4 is 62.3 Å². The van der Waals surface area contributed by atoms with Crippen LogP contribution in [0.4, 0.5) is 5.69 Å². The van der Waals surface area contributed by atoms with Crippen molar-refractivity contribution < 1.29 is 18.0 Å². The van der Waals surface area contributed by atoms with Crippen molar-refractivity contribution in [1.82, 2.24) is 10.2 Å². The van der Waals surface area contributed by atoms with Crippen molar-refractivity contribution in [3.63, 3.8) is 0 Å². The van der Waals surface area contributed by atoms with Crippen LogP contribution in [-0.4, -0.2) is 43.8 Å². The van der Waals surface area contributed by atoms with E-state index < -0.39 is 28.5 Å². The molecule has 0 spiro atoms. The second kappa shape index (κ2) is 13.9. The SMILES string of the molecule is CC[C@H](C(=O)NC1CCCC1)N(Cc1ccc(Cl)cc1Cl)C(=O)CN(c1ccc(Cl)cc1)S(=O)(=O)c1ccccc1. The Balaban J connectivity index is 1.72. The van der Waals surface area contributed by atoms with E-state index in [9.17, 15) is 18.0 Å². The highest BCUT2D eigenvalue weighted by Crippen LogP contribution is 2.28. The fourth-order valence-electron chi connectivity index (χ4n) is 4.98. The van der Waals surface area contributed by atoms with E-state index in [0.29, 0.717) is 27.1 Å². The summed E-state index contributed by atoms with van der Waals surface area (Å²) in [6, 6.07) is 18.2. The molecule has 41 heavy (non-hydrogen) atoms. The third-order valence-corrected chi connectivity index (χ3v) is 9.79. The normalized spacial score (nSPS) is 14.4. The van der Waals surface area contributed by atoms with Gasteiger partial charge in [0.05, 0.1) is 10.6 Å². The summed E-state index contributed by atoms with van der Waals surface area (Å²) < 4.78 is 28.7. The average Bonchev–Trinajstić information content (AvgIpc) is 3.46. The van der Waals surface area contributed by atoms with Crippen molar-refractivity contribution in [2.75, 3.05) is 10.8 Å². The third kappa shape index (κ3) is 7.74. The zero-order chi connectivity index (χ0) is 29.6. The van der Waals surface area contributed by atoms with Gasteiger partial charge in [0.1, 0.15) is 12.6 Å². The molecule has 3 aromatic carbocycles. The minimum Gasteiger partial charge on any atom is -0.352 e. The highest BCUT2D eigenvalue weighted by molar-refractivity contribution is 7.92. The van der Waals surface area contributed by atoms with Crippen LogP contribution in [0.1, 0.15) is 44.6 Å². The maximum Gasteiger partial charge on any atom is 0.264 e. The number of amides is 2. The van der Waals surface area contributed by atoms with Crippen LogP contribution in [0.2, 0.25) is 15.1 Å². The Morgan fingerprint density at radius 2 is 1.56 bits per heavy atom. The zero-order valence-electron chi connectivity index (χ0n) is 22.6. The largest absolute Gasteiger partial charge is 0.352 e. The van der Waals surface area contributed by atoms with Gasteiger partial charge in [-0.25, -0.2) is 8.42 Å². The molecule has 1 atom stereocenters. The van der Waals surface area contributed by atoms with Gasteiger partial charge in [-0.15, -0.1) is 0 Å². The summed E-state index contributed by atoms with van der Waals surface area (Å²) >= 11 is 18.6. The summed E-state index contributed by atoms with van der Waals surface area (Å²) in [4.78, 5) is 29.1. The van der Waals surface area contributed by atoms with Crippen molar-refractivity contribution in [3.8, 4) is 0 Å². The van der Waals surface area contributed by atoms with Gasteiger partial charge < -0.3 is 10.2 Å². The summed E-state index contributed by atoms with van der Waals surface area (Å²) in [5.41, 5.74) is 0.847. The van der Waals surface area contributed by atoms with Crippen molar-refractivity contribution in [3.05, 3.63) is 93.4 Å². The first-order valence-electron chi connectivity index (χ1n) is 13.5. The Morgan fingerprint density at radius 3 is 2.17 bits per heavy atom. The molecule has 218 valence electrons. The number of hydrogen-bond acceptors (Lipinski definition) is 4. The molecule has 1 aliphatic carbocycles. The molecule has 4 rings (SSSR count). The van der Waals surface area contributed by atoms with Crippen LogP contribution in [0.15, 0.2) is 77.7 Å². The summed E-state index contributed by atoms with van der Waals surface area (Å²) in [7, 11) is -4.15. The number of halogens is 3. The number of carbonyl (C=O) groups excluding carboxylic acids is 2. The molecule has 0 saturated heterocycles. The molecule has 2 amide bonds. The van der Waals surface area contributed by atoms with Gasteiger partial charge in [-0.1, -0.05) is 78.8 Å². The minimum absolute atomic E-state index is 0.00866. The molecule has 0 radical (unpaired) electrons. The zero-order valence-corrected chi connectivity index (χ0v) is 25.7. The molecule has 1 N–H and O–H groups in total. The molecule has 0 heterocycles. The van der Waals surface area contributed by atoms with Gasteiger partial charge in [-0.05, 0) is 73.4 Å². The lowest BCUT2D eigenvalue weighted by Crippen LogP contribution is -2.53. The predicted octanol–water partition coefficient (Wildman–Crippen LogP) is 6.71. The lowest BCUT2D eigenvalue weighted by atomic mass is 10.1. The highest BCUT2D eigenvalue weighted by Gasteiger charge is 2.34. The summed E-state index contributed by atoms with van der Waals surface area (Å²) in [6.45, 7) is 1.27. The van der Waals surface area contributed by atoms with Crippen LogP contribution in [0, 0.1) is 0 Å². The monoisotopic (exact) mass is 635 g/mol. The molecule has 1 saturated carbocycles. The van der Waals surface area contributed by atoms with E-state index in [4.69, 9.17) is 34.8 Å². The lowest BCUT2D eigenvalue weighted by Gasteiger charge is -2.34. The van der Waals surface area contributed by atoms with Crippen molar-refractivity contribution in [2.45, 2.75) is 62.6 Å². The number of nitrogens with one attached hydrogen (secondary N) is 1. The van der Waals surface area contributed by atoms with E-state index in [0.717, 1.165) is 30.0 Å². The van der Waals surface area contributed by atoms with E-state index in [-0.39, 0.29) is 29.1 Å². The molecule has 0 aliphatic heterocycles. The Kier molecular flexibility index (Phi) is 10.6. The number of rotatable bonds is 11. The number of hydrogen-bond donors (Lipinski definition) is 1. The number of anilines is 1. The summed E-state index contributed by atoms with van der Waals surface area (Å²) in [5.74, 6) is -0.833. The molecule has 1 aliphatic rings. The third-order valence-electron chi connectivity index (χ3n) is 7.17. The van der Waals surface area contributed by atoms with E-state index >= 15 is 0 Å². The number of sulfonamides is 1. The van der Waals surface area contributed by atoms with Gasteiger partial charge in [0, 0.05) is 27.7 Å². The van der Waals surface area contributed by atoms with Crippen LogP contribution in [0.5, 0.6) is 0 Å². The quantitative estimate of drug-likeness (QED) is 0.254. The van der Waals surface area contributed by atoms with Crippen LogP contribution in [0.3, 0.4) is 0 Å². The van der Waals surface area contributed by atoms with E-state index in [1.54, 1.807) is 60.7 Å². The number of nitrogens with zero attached hydrogens (tertiary/aromatic N) is 2. The highest BCUT2D eigenvalue weighted by atomic mass is 35.5. The fourth-order valence-corrected chi connectivity index (χ4v) is 7.01. The van der Waals surface area contributed by atoms with Crippen molar-refractivity contribution in [1.29, 1.82) is 0 Å². The van der Waals surface area contributed by atoms with Gasteiger partial charge >= 0.3 is 0 Å². The molecule has 11 heteroatoms. The molecular weight excluding hydrogens is 605 g/mol. The first kappa shape index (κ1) is 31.2.